The summed E-state index contributed by atoms with van der Waals surface area (Å²) < 4.78 is 64.3. The average molecular weight is 400 g/mol. The van der Waals surface area contributed by atoms with Crippen LogP contribution in [0, 0.1) is 5.92 Å². The number of aromatic hydroxyl groups is 1. The van der Waals surface area contributed by atoms with Crippen molar-refractivity contribution in [3.8, 4) is 5.75 Å². The first-order valence-electron chi connectivity index (χ1n) is 8.20. The molecule has 1 aromatic heterocycles. The number of rotatable bonds is 4. The second-order valence-electron chi connectivity index (χ2n) is 6.72. The lowest BCUT2D eigenvalue weighted by Gasteiger charge is -2.34. The van der Waals surface area contributed by atoms with Crippen LogP contribution in [-0.4, -0.2) is 35.0 Å². The van der Waals surface area contributed by atoms with Crippen molar-refractivity contribution in [3.05, 3.63) is 54.3 Å². The van der Waals surface area contributed by atoms with E-state index in [9.17, 15) is 26.7 Å². The maximum Gasteiger partial charge on any atom is 0.393 e. The minimum absolute atomic E-state index is 0.108. The van der Waals surface area contributed by atoms with Gasteiger partial charge in [0.2, 0.25) is 10.0 Å². The third kappa shape index (κ3) is 3.25. The molecule has 0 saturated carbocycles. The van der Waals surface area contributed by atoms with Gasteiger partial charge in [0.15, 0.2) is 0 Å². The van der Waals surface area contributed by atoms with Gasteiger partial charge in [-0.2, -0.15) is 13.2 Å². The summed E-state index contributed by atoms with van der Waals surface area (Å²) in [6, 6.07) is 3.62. The van der Waals surface area contributed by atoms with Gasteiger partial charge in [-0.3, -0.25) is 0 Å². The number of aromatic nitrogens is 1. The third-order valence-corrected chi connectivity index (χ3v) is 7.32. The molecule has 0 spiro atoms. The van der Waals surface area contributed by atoms with Crippen molar-refractivity contribution in [3.63, 3.8) is 0 Å². The Hall–Kier alpha value is -2.26. The molecule has 2 atom stereocenters. The lowest BCUT2D eigenvalue weighted by molar-refractivity contribution is -0.127. The van der Waals surface area contributed by atoms with Crippen LogP contribution in [0.2, 0.25) is 0 Å². The van der Waals surface area contributed by atoms with Gasteiger partial charge in [-0.1, -0.05) is 24.3 Å². The molecule has 3 rings (SSSR count). The summed E-state index contributed by atoms with van der Waals surface area (Å²) in [6.45, 7) is 1.65. The van der Waals surface area contributed by atoms with Crippen LogP contribution in [0.15, 0.2) is 48.7 Å². The number of fused-ring (bicyclic) bond motifs is 1. The van der Waals surface area contributed by atoms with Crippen molar-refractivity contribution in [2.24, 2.45) is 11.7 Å². The molecule has 0 bridgehead atoms. The van der Waals surface area contributed by atoms with Crippen LogP contribution in [0.25, 0.3) is 10.9 Å². The summed E-state index contributed by atoms with van der Waals surface area (Å²) >= 11 is 0. The van der Waals surface area contributed by atoms with E-state index in [-0.39, 0.29) is 17.6 Å². The SMILES string of the molecule is CC1(S(=O)(=O)n2ccc3cc(CC(F)(F)F)c(O)cc32)C=CC=CC1CN. The molecule has 0 amide bonds. The van der Waals surface area contributed by atoms with Gasteiger partial charge in [-0.25, -0.2) is 12.4 Å². The number of nitrogens with two attached hydrogens (primary N) is 1. The number of halogens is 3. The molecular formula is C18H19F3N2O3S. The Morgan fingerprint density at radius 1 is 1.30 bits per heavy atom. The third-order valence-electron chi connectivity index (χ3n) is 4.93. The van der Waals surface area contributed by atoms with Crippen molar-refractivity contribution in [1.82, 2.24) is 3.97 Å². The van der Waals surface area contributed by atoms with E-state index in [0.717, 1.165) is 16.1 Å². The summed E-state index contributed by atoms with van der Waals surface area (Å²) in [5.41, 5.74) is 5.54. The smallest absolute Gasteiger partial charge is 0.393 e. The molecule has 146 valence electrons. The predicted molar refractivity (Wildman–Crippen MR) is 96.9 cm³/mol. The van der Waals surface area contributed by atoms with Crippen molar-refractivity contribution in [2.45, 2.75) is 24.3 Å². The Kier molecular flexibility index (Phi) is 4.63. The molecule has 2 unspecified atom stereocenters. The van der Waals surface area contributed by atoms with E-state index in [0.29, 0.717) is 5.39 Å². The molecule has 1 aromatic carbocycles. The second kappa shape index (κ2) is 6.42. The summed E-state index contributed by atoms with van der Waals surface area (Å²) in [5.74, 6) is -1.07. The van der Waals surface area contributed by atoms with Crippen LogP contribution in [0.3, 0.4) is 0 Å². The highest BCUT2D eigenvalue weighted by Gasteiger charge is 2.45. The second-order valence-corrected chi connectivity index (χ2v) is 8.94. The van der Waals surface area contributed by atoms with Crippen LogP contribution in [0.5, 0.6) is 5.75 Å². The highest BCUT2D eigenvalue weighted by atomic mass is 32.2. The quantitative estimate of drug-likeness (QED) is 0.826. The van der Waals surface area contributed by atoms with Gasteiger partial charge in [-0.05, 0) is 19.1 Å². The number of phenolic OH excluding ortho intramolecular Hbond substituents is 1. The lowest BCUT2D eigenvalue weighted by Crippen LogP contribution is -2.47. The number of nitrogens with zero attached hydrogens (tertiary/aromatic N) is 1. The molecule has 5 nitrogen and oxygen atoms in total. The fraction of sp³-hybridized carbons (Fsp3) is 0.333. The van der Waals surface area contributed by atoms with Crippen LogP contribution in [0.1, 0.15) is 12.5 Å². The number of phenols is 1. The topological polar surface area (TPSA) is 85.3 Å². The van der Waals surface area contributed by atoms with Crippen molar-refractivity contribution in [1.29, 1.82) is 0 Å². The Morgan fingerprint density at radius 2 is 2.00 bits per heavy atom. The van der Waals surface area contributed by atoms with Gasteiger partial charge in [0.05, 0.1) is 11.9 Å². The summed E-state index contributed by atoms with van der Waals surface area (Å²) in [6.07, 6.45) is 2.09. The molecule has 2 aromatic rings. The van der Waals surface area contributed by atoms with E-state index in [1.165, 1.54) is 12.3 Å². The van der Waals surface area contributed by atoms with Crippen LogP contribution in [-0.2, 0) is 16.4 Å². The van der Waals surface area contributed by atoms with Crippen LogP contribution in [0.4, 0.5) is 13.2 Å². The Balaban J connectivity index is 2.13. The Bertz CT molecular complexity index is 1040. The maximum atomic E-state index is 13.3. The standard InChI is InChI=1S/C18H19F3N2O3S/c1-17(6-3-2-4-14(17)11-22)27(25,26)23-7-5-12-8-13(10-18(19,20)21)16(24)9-15(12)23/h2-9,14,24H,10-11,22H2,1H3. The first-order valence-corrected chi connectivity index (χ1v) is 9.64. The van der Waals surface area contributed by atoms with E-state index in [2.05, 4.69) is 0 Å². The molecule has 3 N–H and O–H groups in total. The van der Waals surface area contributed by atoms with Gasteiger partial charge in [0, 0.05) is 35.7 Å². The number of hydrogen-bond donors (Lipinski definition) is 2. The van der Waals surface area contributed by atoms with E-state index < -0.39 is 39.0 Å². The largest absolute Gasteiger partial charge is 0.508 e. The fourth-order valence-electron chi connectivity index (χ4n) is 3.32. The zero-order valence-electron chi connectivity index (χ0n) is 14.4. The molecule has 0 aliphatic heterocycles. The van der Waals surface area contributed by atoms with Gasteiger partial charge in [0.25, 0.3) is 0 Å². The molecule has 1 aliphatic rings. The van der Waals surface area contributed by atoms with Crippen molar-refractivity contribution >= 4 is 20.9 Å². The summed E-state index contributed by atoms with van der Waals surface area (Å²) in [4.78, 5) is 0. The van der Waals surface area contributed by atoms with Crippen LogP contribution >= 0.6 is 0 Å². The number of benzene rings is 1. The monoisotopic (exact) mass is 400 g/mol. The van der Waals surface area contributed by atoms with Gasteiger partial charge in [-0.15, -0.1) is 0 Å². The zero-order valence-corrected chi connectivity index (χ0v) is 15.3. The van der Waals surface area contributed by atoms with Gasteiger partial charge < -0.3 is 10.8 Å². The Morgan fingerprint density at radius 3 is 2.63 bits per heavy atom. The zero-order chi connectivity index (χ0) is 20.0. The molecule has 0 fully saturated rings. The van der Waals surface area contributed by atoms with Crippen molar-refractivity contribution < 1.29 is 26.7 Å². The van der Waals surface area contributed by atoms with E-state index >= 15 is 0 Å². The lowest BCUT2D eigenvalue weighted by atomic mass is 9.89. The first-order chi connectivity index (χ1) is 12.5. The van der Waals surface area contributed by atoms with E-state index in [1.54, 1.807) is 31.2 Å². The molecule has 1 aliphatic carbocycles. The highest BCUT2D eigenvalue weighted by Crippen LogP contribution is 2.37. The maximum absolute atomic E-state index is 13.3. The fourth-order valence-corrected chi connectivity index (χ4v) is 5.19. The molecule has 9 heteroatoms. The minimum Gasteiger partial charge on any atom is -0.508 e. The highest BCUT2D eigenvalue weighted by molar-refractivity contribution is 7.91. The minimum atomic E-state index is -4.49. The summed E-state index contributed by atoms with van der Waals surface area (Å²) in [7, 11) is -4.01. The Labute approximate surface area is 154 Å². The van der Waals surface area contributed by atoms with E-state index in [1.807, 2.05) is 0 Å². The average Bonchev–Trinajstić information content (AvgIpc) is 2.97. The molecule has 0 radical (unpaired) electrons. The van der Waals surface area contributed by atoms with Gasteiger partial charge >= 0.3 is 6.18 Å². The van der Waals surface area contributed by atoms with Crippen LogP contribution < -0.4 is 5.73 Å². The molecule has 0 saturated heterocycles. The molecule has 1 heterocycles. The summed E-state index contributed by atoms with van der Waals surface area (Å²) in [5, 5.41) is 10.3. The normalized spacial score (nSPS) is 23.2. The molecule has 27 heavy (non-hydrogen) atoms. The number of hydrogen-bond acceptors (Lipinski definition) is 4. The number of allylic oxidation sites excluding steroid dienone is 2. The van der Waals surface area contributed by atoms with Gasteiger partial charge in [0.1, 0.15) is 10.5 Å². The van der Waals surface area contributed by atoms with Crippen molar-refractivity contribution in [2.75, 3.05) is 6.54 Å². The first kappa shape index (κ1) is 19.5. The molecular weight excluding hydrogens is 381 g/mol. The van der Waals surface area contributed by atoms with E-state index in [4.69, 9.17) is 5.73 Å². The number of alkyl halides is 3. The predicted octanol–water partition coefficient (Wildman–Crippen LogP) is 3.09.